The molecular formula is C14H25N3O3. The first-order chi connectivity index (χ1) is 9.38. The van der Waals surface area contributed by atoms with Gasteiger partial charge in [-0.15, -0.1) is 5.10 Å². The standard InChI is InChI=1S/C14H25N3O3/c1-6-14(19,7-2)9-17-12(10(4)5)11(15-16-17)13(18)20-8-3/h10,19H,6-9H2,1-5H3. The lowest BCUT2D eigenvalue weighted by atomic mass is 9.97. The van der Waals surface area contributed by atoms with Crippen LogP contribution in [0.1, 0.15) is 69.6 Å². The minimum Gasteiger partial charge on any atom is -0.461 e. The molecule has 0 atom stereocenters. The molecule has 0 radical (unpaired) electrons. The van der Waals surface area contributed by atoms with Crippen LogP contribution in [0.4, 0.5) is 0 Å². The van der Waals surface area contributed by atoms with Crippen molar-refractivity contribution in [3.8, 4) is 0 Å². The molecule has 0 saturated carbocycles. The van der Waals surface area contributed by atoms with Crippen molar-refractivity contribution < 1.29 is 14.6 Å². The molecule has 0 unspecified atom stereocenters. The second-order valence-corrected chi connectivity index (χ2v) is 5.29. The molecule has 0 aromatic carbocycles. The summed E-state index contributed by atoms with van der Waals surface area (Å²) in [5.74, 6) is -0.388. The van der Waals surface area contributed by atoms with Crippen molar-refractivity contribution in [2.45, 2.75) is 65.5 Å². The van der Waals surface area contributed by atoms with Crippen molar-refractivity contribution in [1.82, 2.24) is 15.0 Å². The van der Waals surface area contributed by atoms with Crippen LogP contribution in [0.5, 0.6) is 0 Å². The molecule has 0 spiro atoms. The minimum atomic E-state index is -0.830. The first-order valence-electron chi connectivity index (χ1n) is 7.21. The highest BCUT2D eigenvalue weighted by atomic mass is 16.5. The zero-order valence-electron chi connectivity index (χ0n) is 13.0. The molecule has 0 saturated heterocycles. The maximum atomic E-state index is 11.9. The fourth-order valence-electron chi connectivity index (χ4n) is 2.11. The number of carbonyl (C=O) groups is 1. The Kier molecular flexibility index (Phi) is 5.68. The van der Waals surface area contributed by atoms with Crippen molar-refractivity contribution in [3.05, 3.63) is 11.4 Å². The van der Waals surface area contributed by atoms with Crippen molar-refractivity contribution in [2.24, 2.45) is 0 Å². The molecule has 6 heteroatoms. The summed E-state index contributed by atoms with van der Waals surface area (Å²) in [6, 6.07) is 0. The molecule has 1 heterocycles. The van der Waals surface area contributed by atoms with Gasteiger partial charge in [-0.05, 0) is 25.7 Å². The van der Waals surface area contributed by atoms with Crippen LogP contribution in [0, 0.1) is 0 Å². The maximum absolute atomic E-state index is 11.9. The SMILES string of the molecule is CCOC(=O)c1nnn(CC(O)(CC)CC)c1C(C)C. The van der Waals surface area contributed by atoms with E-state index in [1.807, 2.05) is 27.7 Å². The molecule has 6 nitrogen and oxygen atoms in total. The van der Waals surface area contributed by atoms with Crippen LogP contribution in [0.2, 0.25) is 0 Å². The predicted molar refractivity (Wildman–Crippen MR) is 75.6 cm³/mol. The van der Waals surface area contributed by atoms with Gasteiger partial charge in [-0.2, -0.15) is 0 Å². The summed E-state index contributed by atoms with van der Waals surface area (Å²) in [5, 5.41) is 18.4. The van der Waals surface area contributed by atoms with E-state index >= 15 is 0 Å². The Labute approximate surface area is 120 Å². The lowest BCUT2D eigenvalue weighted by molar-refractivity contribution is 0.0104. The molecule has 1 rings (SSSR count). The highest BCUT2D eigenvalue weighted by molar-refractivity contribution is 5.88. The van der Waals surface area contributed by atoms with Crippen LogP contribution in [0.3, 0.4) is 0 Å². The van der Waals surface area contributed by atoms with E-state index in [9.17, 15) is 9.90 Å². The van der Waals surface area contributed by atoms with E-state index in [1.54, 1.807) is 11.6 Å². The Morgan fingerprint density at radius 1 is 1.35 bits per heavy atom. The Bertz CT molecular complexity index is 451. The summed E-state index contributed by atoms with van der Waals surface area (Å²) in [6.45, 7) is 10.2. The summed E-state index contributed by atoms with van der Waals surface area (Å²) >= 11 is 0. The Morgan fingerprint density at radius 3 is 2.40 bits per heavy atom. The third-order valence-corrected chi connectivity index (χ3v) is 3.55. The third-order valence-electron chi connectivity index (χ3n) is 3.55. The van der Waals surface area contributed by atoms with Gasteiger partial charge in [0.25, 0.3) is 0 Å². The third kappa shape index (κ3) is 3.56. The average Bonchev–Trinajstić information content (AvgIpc) is 2.82. The largest absolute Gasteiger partial charge is 0.461 e. The van der Waals surface area contributed by atoms with Gasteiger partial charge in [-0.3, -0.25) is 0 Å². The summed E-state index contributed by atoms with van der Waals surface area (Å²) < 4.78 is 6.63. The van der Waals surface area contributed by atoms with Crippen molar-refractivity contribution in [3.63, 3.8) is 0 Å². The van der Waals surface area contributed by atoms with Crippen LogP contribution in [-0.2, 0) is 11.3 Å². The van der Waals surface area contributed by atoms with E-state index in [0.29, 0.717) is 31.7 Å². The van der Waals surface area contributed by atoms with E-state index in [4.69, 9.17) is 4.74 Å². The van der Waals surface area contributed by atoms with Crippen molar-refractivity contribution in [2.75, 3.05) is 6.61 Å². The van der Waals surface area contributed by atoms with E-state index in [-0.39, 0.29) is 11.6 Å². The van der Waals surface area contributed by atoms with E-state index in [1.165, 1.54) is 0 Å². The minimum absolute atomic E-state index is 0.0716. The summed E-state index contributed by atoms with van der Waals surface area (Å²) in [4.78, 5) is 11.9. The fraction of sp³-hybridized carbons (Fsp3) is 0.786. The molecule has 0 bridgehead atoms. The van der Waals surface area contributed by atoms with Gasteiger partial charge in [0.05, 0.1) is 24.4 Å². The molecule has 0 aliphatic heterocycles. The molecule has 0 fully saturated rings. The van der Waals surface area contributed by atoms with Gasteiger partial charge in [0.15, 0.2) is 5.69 Å². The molecule has 114 valence electrons. The Balaban J connectivity index is 3.12. The maximum Gasteiger partial charge on any atom is 0.360 e. The zero-order chi connectivity index (χ0) is 15.3. The molecule has 0 aliphatic rings. The highest BCUT2D eigenvalue weighted by Gasteiger charge is 2.29. The molecular weight excluding hydrogens is 258 g/mol. The van der Waals surface area contributed by atoms with Gasteiger partial charge in [0.1, 0.15) is 0 Å². The smallest absolute Gasteiger partial charge is 0.360 e. The van der Waals surface area contributed by atoms with Crippen LogP contribution >= 0.6 is 0 Å². The number of aromatic nitrogens is 3. The fourth-order valence-corrected chi connectivity index (χ4v) is 2.11. The van der Waals surface area contributed by atoms with Gasteiger partial charge < -0.3 is 9.84 Å². The number of ether oxygens (including phenoxy) is 1. The summed E-state index contributed by atoms with van der Waals surface area (Å²) in [7, 11) is 0. The van der Waals surface area contributed by atoms with Gasteiger partial charge in [-0.1, -0.05) is 32.9 Å². The second-order valence-electron chi connectivity index (χ2n) is 5.29. The monoisotopic (exact) mass is 283 g/mol. The highest BCUT2D eigenvalue weighted by Crippen LogP contribution is 2.23. The van der Waals surface area contributed by atoms with Crippen molar-refractivity contribution in [1.29, 1.82) is 0 Å². The first-order valence-corrected chi connectivity index (χ1v) is 7.21. The lowest BCUT2D eigenvalue weighted by Crippen LogP contribution is -2.34. The number of hydrogen-bond acceptors (Lipinski definition) is 5. The molecule has 1 N–H and O–H groups in total. The first kappa shape index (κ1) is 16.6. The topological polar surface area (TPSA) is 77.2 Å². The molecule has 1 aromatic rings. The van der Waals surface area contributed by atoms with Crippen LogP contribution in [0.15, 0.2) is 0 Å². The molecule has 1 aromatic heterocycles. The van der Waals surface area contributed by atoms with E-state index < -0.39 is 11.6 Å². The van der Waals surface area contributed by atoms with Gasteiger partial charge in [0, 0.05) is 0 Å². The van der Waals surface area contributed by atoms with Gasteiger partial charge >= 0.3 is 5.97 Å². The quantitative estimate of drug-likeness (QED) is 0.776. The summed E-state index contributed by atoms with van der Waals surface area (Å²) in [6.07, 6.45) is 1.24. The number of aliphatic hydroxyl groups is 1. The Morgan fingerprint density at radius 2 is 1.95 bits per heavy atom. The normalized spacial score (nSPS) is 11.9. The van der Waals surface area contributed by atoms with Gasteiger partial charge in [0.2, 0.25) is 0 Å². The van der Waals surface area contributed by atoms with E-state index in [0.717, 1.165) is 0 Å². The molecule has 0 amide bonds. The lowest BCUT2D eigenvalue weighted by Gasteiger charge is -2.26. The number of rotatable bonds is 7. The second kappa shape index (κ2) is 6.83. The van der Waals surface area contributed by atoms with Crippen LogP contribution in [-0.4, -0.2) is 38.3 Å². The predicted octanol–water partition coefficient (Wildman–Crippen LogP) is 2.13. The average molecular weight is 283 g/mol. The van der Waals surface area contributed by atoms with Crippen LogP contribution < -0.4 is 0 Å². The zero-order valence-corrected chi connectivity index (χ0v) is 13.0. The molecule has 20 heavy (non-hydrogen) atoms. The van der Waals surface area contributed by atoms with Crippen molar-refractivity contribution >= 4 is 5.97 Å². The number of nitrogens with zero attached hydrogens (tertiary/aromatic N) is 3. The Hall–Kier alpha value is -1.43. The summed E-state index contributed by atoms with van der Waals surface area (Å²) in [5.41, 5.74) is 0.128. The van der Waals surface area contributed by atoms with Gasteiger partial charge in [-0.25, -0.2) is 9.48 Å². The number of carbonyl (C=O) groups excluding carboxylic acids is 1. The van der Waals surface area contributed by atoms with E-state index in [2.05, 4.69) is 10.3 Å². The molecule has 0 aliphatic carbocycles. The number of hydrogen-bond donors (Lipinski definition) is 1. The number of esters is 1. The van der Waals surface area contributed by atoms with Crippen LogP contribution in [0.25, 0.3) is 0 Å².